The Labute approximate surface area is 118 Å². The molecule has 0 spiro atoms. The van der Waals surface area contributed by atoms with E-state index in [1.54, 1.807) is 12.3 Å². The van der Waals surface area contributed by atoms with Crippen molar-refractivity contribution >= 4 is 5.95 Å². The predicted molar refractivity (Wildman–Crippen MR) is 76.1 cm³/mol. The lowest BCUT2D eigenvalue weighted by Gasteiger charge is -2.13. The van der Waals surface area contributed by atoms with E-state index in [-0.39, 0.29) is 12.1 Å². The summed E-state index contributed by atoms with van der Waals surface area (Å²) >= 11 is 0. The number of hydrogen-bond donors (Lipinski definition) is 1. The molecule has 5 heteroatoms. The molecule has 5 nitrogen and oxygen atoms in total. The van der Waals surface area contributed by atoms with Gasteiger partial charge in [-0.25, -0.2) is 4.98 Å². The summed E-state index contributed by atoms with van der Waals surface area (Å²) in [6, 6.07) is 9.81. The monoisotopic (exact) mass is 271 g/mol. The van der Waals surface area contributed by atoms with Gasteiger partial charge in [-0.15, -0.1) is 0 Å². The molecule has 0 aliphatic carbocycles. The number of nitrogens with zero attached hydrogens (tertiary/aromatic N) is 2. The highest BCUT2D eigenvalue weighted by atomic mass is 16.5. The van der Waals surface area contributed by atoms with E-state index in [0.29, 0.717) is 18.4 Å². The average molecular weight is 271 g/mol. The minimum absolute atomic E-state index is 0.0699. The normalized spacial score (nSPS) is 16.6. The van der Waals surface area contributed by atoms with E-state index in [2.05, 4.69) is 21.4 Å². The average Bonchev–Trinajstić information content (AvgIpc) is 2.82. The molecule has 0 saturated heterocycles. The predicted octanol–water partition coefficient (Wildman–Crippen LogP) is 2.81. The molecular weight excluding hydrogens is 254 g/mol. The van der Waals surface area contributed by atoms with Gasteiger partial charge in [0.05, 0.1) is 12.1 Å². The lowest BCUT2D eigenvalue weighted by molar-refractivity contribution is 0.232. The van der Waals surface area contributed by atoms with Crippen LogP contribution in [-0.4, -0.2) is 22.7 Å². The summed E-state index contributed by atoms with van der Waals surface area (Å²) in [5, 5.41) is 3.28. The van der Waals surface area contributed by atoms with E-state index in [1.165, 1.54) is 0 Å². The third-order valence-corrected chi connectivity index (χ3v) is 2.99. The van der Waals surface area contributed by atoms with Gasteiger partial charge in [-0.3, -0.25) is 0 Å². The van der Waals surface area contributed by atoms with Crippen LogP contribution in [0.15, 0.2) is 36.5 Å². The zero-order chi connectivity index (χ0) is 13.9. The van der Waals surface area contributed by atoms with Crippen LogP contribution in [0.25, 0.3) is 0 Å². The summed E-state index contributed by atoms with van der Waals surface area (Å²) in [5.74, 6) is 2.04. The first-order valence-corrected chi connectivity index (χ1v) is 6.70. The second kappa shape index (κ2) is 5.36. The van der Waals surface area contributed by atoms with Gasteiger partial charge in [-0.05, 0) is 19.9 Å². The first kappa shape index (κ1) is 12.7. The number of aromatic nitrogens is 2. The number of hydrogen-bond acceptors (Lipinski definition) is 5. The van der Waals surface area contributed by atoms with Crippen LogP contribution in [0, 0.1) is 0 Å². The van der Waals surface area contributed by atoms with Gasteiger partial charge in [0.25, 0.3) is 0 Å². The Morgan fingerprint density at radius 2 is 2.15 bits per heavy atom. The van der Waals surface area contributed by atoms with E-state index in [9.17, 15) is 0 Å². The highest BCUT2D eigenvalue weighted by molar-refractivity contribution is 5.44. The first-order chi connectivity index (χ1) is 9.72. The van der Waals surface area contributed by atoms with Crippen molar-refractivity contribution < 1.29 is 9.47 Å². The Kier molecular flexibility index (Phi) is 3.41. The molecule has 0 saturated carbocycles. The van der Waals surface area contributed by atoms with E-state index in [1.807, 2.05) is 32.0 Å². The van der Waals surface area contributed by atoms with Crippen molar-refractivity contribution in [3.05, 3.63) is 42.1 Å². The number of benzene rings is 1. The number of nitrogens with one attached hydrogen (secondary N) is 1. The van der Waals surface area contributed by atoms with Crippen molar-refractivity contribution in [3.63, 3.8) is 0 Å². The fourth-order valence-corrected chi connectivity index (χ4v) is 2.16. The van der Waals surface area contributed by atoms with Gasteiger partial charge in [0.2, 0.25) is 11.8 Å². The van der Waals surface area contributed by atoms with Crippen LogP contribution >= 0.6 is 0 Å². The maximum absolute atomic E-state index is 5.63. The molecule has 20 heavy (non-hydrogen) atoms. The summed E-state index contributed by atoms with van der Waals surface area (Å²) in [6.45, 7) is 4.52. The van der Waals surface area contributed by atoms with Gasteiger partial charge in [-0.1, -0.05) is 18.2 Å². The van der Waals surface area contributed by atoms with Crippen molar-refractivity contribution in [1.29, 1.82) is 0 Å². The third kappa shape index (κ3) is 2.66. The summed E-state index contributed by atoms with van der Waals surface area (Å²) < 4.78 is 11.2. The van der Waals surface area contributed by atoms with Crippen LogP contribution < -0.4 is 14.8 Å². The summed E-state index contributed by atoms with van der Waals surface area (Å²) in [4.78, 5) is 8.57. The molecule has 2 heterocycles. The smallest absolute Gasteiger partial charge is 0.226 e. The lowest BCUT2D eigenvalue weighted by Crippen LogP contribution is -2.15. The molecule has 0 amide bonds. The fourth-order valence-electron chi connectivity index (χ4n) is 2.16. The first-order valence-electron chi connectivity index (χ1n) is 6.70. The van der Waals surface area contributed by atoms with Crippen LogP contribution in [-0.2, 0) is 0 Å². The summed E-state index contributed by atoms with van der Waals surface area (Å²) in [7, 11) is 0. The number of ether oxygens (including phenoxy) is 2. The van der Waals surface area contributed by atoms with E-state index < -0.39 is 0 Å². The SMILES string of the molecule is CC(C)Oc1ccnc(NC2COc3ccccc32)n1. The van der Waals surface area contributed by atoms with Gasteiger partial charge in [0.15, 0.2) is 0 Å². The quantitative estimate of drug-likeness (QED) is 0.926. The van der Waals surface area contributed by atoms with Crippen LogP contribution in [0.2, 0.25) is 0 Å². The van der Waals surface area contributed by atoms with Gasteiger partial charge >= 0.3 is 0 Å². The molecule has 1 N–H and O–H groups in total. The molecule has 1 aliphatic rings. The van der Waals surface area contributed by atoms with Crippen molar-refractivity contribution in [2.45, 2.75) is 26.0 Å². The van der Waals surface area contributed by atoms with Crippen molar-refractivity contribution in [2.24, 2.45) is 0 Å². The van der Waals surface area contributed by atoms with Gasteiger partial charge in [0, 0.05) is 17.8 Å². The van der Waals surface area contributed by atoms with Crippen LogP contribution in [0.4, 0.5) is 5.95 Å². The Balaban J connectivity index is 1.76. The van der Waals surface area contributed by atoms with E-state index in [4.69, 9.17) is 9.47 Å². The molecule has 1 aromatic carbocycles. The molecule has 0 fully saturated rings. The summed E-state index contributed by atoms with van der Waals surface area (Å²) in [6.07, 6.45) is 1.78. The highest BCUT2D eigenvalue weighted by Crippen LogP contribution is 2.33. The molecular formula is C15H17N3O2. The number of anilines is 1. The molecule has 104 valence electrons. The molecule has 1 atom stereocenters. The molecule has 0 bridgehead atoms. The molecule has 2 aromatic rings. The molecule has 1 aromatic heterocycles. The van der Waals surface area contributed by atoms with Crippen molar-refractivity contribution in [1.82, 2.24) is 9.97 Å². The number of para-hydroxylation sites is 1. The summed E-state index contributed by atoms with van der Waals surface area (Å²) in [5.41, 5.74) is 1.13. The second-order valence-corrected chi connectivity index (χ2v) is 4.93. The number of rotatable bonds is 4. The topological polar surface area (TPSA) is 56.3 Å². The largest absolute Gasteiger partial charge is 0.491 e. The zero-order valence-electron chi connectivity index (χ0n) is 11.5. The third-order valence-electron chi connectivity index (χ3n) is 2.99. The molecule has 1 aliphatic heterocycles. The zero-order valence-corrected chi connectivity index (χ0v) is 11.5. The van der Waals surface area contributed by atoms with Crippen LogP contribution in [0.3, 0.4) is 0 Å². The Morgan fingerprint density at radius 1 is 1.30 bits per heavy atom. The van der Waals surface area contributed by atoms with Gasteiger partial charge in [-0.2, -0.15) is 4.98 Å². The van der Waals surface area contributed by atoms with Gasteiger partial charge < -0.3 is 14.8 Å². The standard InChI is InChI=1S/C15H17N3O2/c1-10(2)20-14-7-8-16-15(18-14)17-12-9-19-13-6-4-3-5-11(12)13/h3-8,10,12H,9H2,1-2H3,(H,16,17,18). The van der Waals surface area contributed by atoms with Gasteiger partial charge in [0.1, 0.15) is 12.4 Å². The minimum atomic E-state index is 0.0699. The molecule has 3 rings (SSSR count). The van der Waals surface area contributed by atoms with E-state index in [0.717, 1.165) is 11.3 Å². The number of fused-ring (bicyclic) bond motifs is 1. The van der Waals surface area contributed by atoms with E-state index >= 15 is 0 Å². The minimum Gasteiger partial charge on any atom is -0.491 e. The second-order valence-electron chi connectivity index (χ2n) is 4.93. The maximum atomic E-state index is 5.63. The Bertz CT molecular complexity index is 601. The van der Waals surface area contributed by atoms with Crippen molar-refractivity contribution in [2.75, 3.05) is 11.9 Å². The highest BCUT2D eigenvalue weighted by Gasteiger charge is 2.24. The lowest BCUT2D eigenvalue weighted by atomic mass is 10.1. The Hall–Kier alpha value is -2.30. The maximum Gasteiger partial charge on any atom is 0.226 e. The Morgan fingerprint density at radius 3 is 3.00 bits per heavy atom. The molecule has 0 radical (unpaired) electrons. The van der Waals surface area contributed by atoms with Crippen molar-refractivity contribution in [3.8, 4) is 11.6 Å². The van der Waals surface area contributed by atoms with Crippen LogP contribution in [0.1, 0.15) is 25.5 Å². The molecule has 1 unspecified atom stereocenters. The van der Waals surface area contributed by atoms with Crippen LogP contribution in [0.5, 0.6) is 11.6 Å². The fraction of sp³-hybridized carbons (Fsp3) is 0.333.